The van der Waals surface area contributed by atoms with Crippen LogP contribution >= 0.6 is 0 Å². The number of carbonyl (C=O) groups excluding carboxylic acids is 1. The van der Waals surface area contributed by atoms with Gasteiger partial charge in [-0.2, -0.15) is 0 Å². The van der Waals surface area contributed by atoms with E-state index >= 15 is 0 Å². The number of aliphatic carboxylic acids is 1. The molecule has 9 nitrogen and oxygen atoms in total. The third-order valence-electron chi connectivity index (χ3n) is 5.69. The number of rotatable bonds is 7. The highest BCUT2D eigenvalue weighted by Crippen LogP contribution is 2.36. The molecule has 1 aliphatic rings. The van der Waals surface area contributed by atoms with Crippen LogP contribution in [0, 0.1) is 5.92 Å². The molecule has 1 aliphatic carbocycles. The minimum absolute atomic E-state index is 0.0755. The largest absolute Gasteiger partial charge is 0.573 e. The van der Waals surface area contributed by atoms with Gasteiger partial charge in [0, 0.05) is 5.69 Å². The molecular formula is C23H21F3N4O5. The van der Waals surface area contributed by atoms with Crippen LogP contribution in [0.1, 0.15) is 47.8 Å². The van der Waals surface area contributed by atoms with Crippen LogP contribution in [0.4, 0.5) is 30.6 Å². The normalized spacial score (nSPS) is 18.0. The van der Waals surface area contributed by atoms with Crippen LogP contribution in [0.25, 0.3) is 0 Å². The summed E-state index contributed by atoms with van der Waals surface area (Å²) in [7, 11) is 0. The number of halogens is 3. The van der Waals surface area contributed by atoms with Gasteiger partial charge in [0.05, 0.1) is 11.6 Å². The average Bonchev–Trinajstić information content (AvgIpc) is 3.29. The van der Waals surface area contributed by atoms with E-state index < -0.39 is 29.9 Å². The van der Waals surface area contributed by atoms with Crippen LogP contribution in [0.3, 0.4) is 0 Å². The molecular weight excluding hydrogens is 469 g/mol. The van der Waals surface area contributed by atoms with Gasteiger partial charge in [0.2, 0.25) is 0 Å². The summed E-state index contributed by atoms with van der Waals surface area (Å²) >= 11 is 0. The van der Waals surface area contributed by atoms with Crippen molar-refractivity contribution < 1.29 is 37.0 Å². The number of carboxylic acid groups (broad SMARTS) is 1. The summed E-state index contributed by atoms with van der Waals surface area (Å²) in [5.41, 5.74) is 1.47. The van der Waals surface area contributed by atoms with E-state index in [1.807, 2.05) is 12.1 Å². The highest BCUT2D eigenvalue weighted by Gasteiger charge is 2.32. The zero-order chi connectivity index (χ0) is 25.0. The lowest BCUT2D eigenvalue weighted by Gasteiger charge is -2.26. The van der Waals surface area contributed by atoms with E-state index in [1.165, 1.54) is 18.2 Å². The monoisotopic (exact) mass is 490 g/mol. The summed E-state index contributed by atoms with van der Waals surface area (Å²) in [6.07, 6.45) is -2.03. The molecule has 1 heterocycles. The van der Waals surface area contributed by atoms with Crippen molar-refractivity contribution in [2.75, 3.05) is 10.6 Å². The number of nitrogens with one attached hydrogen (secondary N) is 2. The number of ether oxygens (including phenoxy) is 1. The van der Waals surface area contributed by atoms with E-state index in [0.29, 0.717) is 18.5 Å². The van der Waals surface area contributed by atoms with Gasteiger partial charge in [-0.25, -0.2) is 0 Å². The van der Waals surface area contributed by atoms with Crippen LogP contribution in [-0.4, -0.2) is 33.5 Å². The lowest BCUT2D eigenvalue weighted by molar-refractivity contribution is -0.274. The van der Waals surface area contributed by atoms with Gasteiger partial charge < -0.3 is 24.9 Å². The van der Waals surface area contributed by atoms with Crippen LogP contribution in [0.15, 0.2) is 52.9 Å². The Morgan fingerprint density at radius 3 is 2.34 bits per heavy atom. The second-order valence-electron chi connectivity index (χ2n) is 8.04. The van der Waals surface area contributed by atoms with E-state index in [0.717, 1.165) is 24.5 Å². The lowest BCUT2D eigenvalue weighted by atomic mass is 9.79. The molecule has 12 heteroatoms. The fourth-order valence-electron chi connectivity index (χ4n) is 3.96. The maximum atomic E-state index is 12.6. The first-order valence-corrected chi connectivity index (χ1v) is 10.8. The van der Waals surface area contributed by atoms with E-state index in [-0.39, 0.29) is 23.5 Å². The first-order valence-electron chi connectivity index (χ1n) is 10.8. The molecule has 0 spiro atoms. The second kappa shape index (κ2) is 10.0. The van der Waals surface area contributed by atoms with E-state index in [2.05, 4.69) is 25.6 Å². The van der Waals surface area contributed by atoms with Crippen molar-refractivity contribution in [2.45, 2.75) is 38.0 Å². The molecule has 0 unspecified atom stereocenters. The Kier molecular flexibility index (Phi) is 6.90. The average molecular weight is 490 g/mol. The molecule has 1 aromatic heterocycles. The maximum absolute atomic E-state index is 12.6. The fourth-order valence-corrected chi connectivity index (χ4v) is 3.96. The van der Waals surface area contributed by atoms with Gasteiger partial charge >= 0.3 is 30.1 Å². The standard InChI is InChI=1S/C23H21F3N4O5/c24-23(25,26)35-18-4-2-1-3-17(18)28-22-30-29-20(34-22)19(31)27-16-11-9-14(10-12-16)13-5-7-15(8-6-13)21(32)33/h1-4,9-13,15H,5-8H2,(H,27,31)(H,28,30)(H,32,33). The zero-order valence-corrected chi connectivity index (χ0v) is 18.2. The Morgan fingerprint density at radius 2 is 1.69 bits per heavy atom. The molecule has 0 radical (unpaired) electrons. The third-order valence-corrected chi connectivity index (χ3v) is 5.69. The number of amides is 1. The molecule has 0 atom stereocenters. The number of aromatic nitrogens is 2. The molecule has 0 bridgehead atoms. The Hall–Kier alpha value is -4.09. The van der Waals surface area contributed by atoms with Crippen LogP contribution in [0.2, 0.25) is 0 Å². The predicted octanol–water partition coefficient (Wildman–Crippen LogP) is 5.32. The van der Waals surface area contributed by atoms with Crippen molar-refractivity contribution in [1.29, 1.82) is 0 Å². The van der Waals surface area contributed by atoms with Gasteiger partial charge in [0.15, 0.2) is 5.75 Å². The highest BCUT2D eigenvalue weighted by atomic mass is 19.4. The summed E-state index contributed by atoms with van der Waals surface area (Å²) < 4.78 is 46.9. The van der Waals surface area contributed by atoms with Crippen molar-refractivity contribution in [2.24, 2.45) is 5.92 Å². The van der Waals surface area contributed by atoms with E-state index in [4.69, 9.17) is 9.52 Å². The SMILES string of the molecule is O=C(Nc1ccc(C2CCC(C(=O)O)CC2)cc1)c1nnc(Nc2ccccc2OC(F)(F)F)o1. The minimum atomic E-state index is -4.88. The Balaban J connectivity index is 1.35. The molecule has 1 saturated carbocycles. The molecule has 1 fully saturated rings. The minimum Gasteiger partial charge on any atom is -0.481 e. The smallest absolute Gasteiger partial charge is 0.481 e. The molecule has 3 N–H and O–H groups in total. The second-order valence-corrected chi connectivity index (χ2v) is 8.04. The quantitative estimate of drug-likeness (QED) is 0.406. The van der Waals surface area contributed by atoms with Crippen molar-refractivity contribution in [1.82, 2.24) is 10.2 Å². The number of benzene rings is 2. The van der Waals surface area contributed by atoms with Crippen molar-refractivity contribution >= 4 is 29.3 Å². The summed E-state index contributed by atoms with van der Waals surface area (Å²) in [6, 6.07) is 12.2. The van der Waals surface area contributed by atoms with Gasteiger partial charge in [-0.05, 0) is 61.4 Å². The van der Waals surface area contributed by atoms with Crippen molar-refractivity contribution in [3.8, 4) is 5.75 Å². The summed E-state index contributed by atoms with van der Waals surface area (Å²) in [4.78, 5) is 23.6. The number of hydrogen-bond acceptors (Lipinski definition) is 7. The molecule has 0 aliphatic heterocycles. The maximum Gasteiger partial charge on any atom is 0.573 e. The Morgan fingerprint density at radius 1 is 1.00 bits per heavy atom. The van der Waals surface area contributed by atoms with Crippen LogP contribution in [0.5, 0.6) is 5.75 Å². The number of hydrogen-bond donors (Lipinski definition) is 3. The Bertz CT molecular complexity index is 1190. The van der Waals surface area contributed by atoms with Gasteiger partial charge in [0.25, 0.3) is 0 Å². The van der Waals surface area contributed by atoms with Gasteiger partial charge in [-0.3, -0.25) is 9.59 Å². The summed E-state index contributed by atoms with van der Waals surface area (Å²) in [6.45, 7) is 0. The highest BCUT2D eigenvalue weighted by molar-refractivity contribution is 6.00. The number of nitrogens with zero attached hydrogens (tertiary/aromatic N) is 2. The molecule has 35 heavy (non-hydrogen) atoms. The Labute approximate surface area is 197 Å². The number of carboxylic acids is 1. The third kappa shape index (κ3) is 6.28. The van der Waals surface area contributed by atoms with Gasteiger partial charge in [-0.15, -0.1) is 18.3 Å². The predicted molar refractivity (Wildman–Crippen MR) is 117 cm³/mol. The molecule has 3 aromatic rings. The van der Waals surface area contributed by atoms with Crippen LogP contribution in [-0.2, 0) is 4.79 Å². The number of para-hydroxylation sites is 2. The molecule has 0 saturated heterocycles. The molecule has 2 aromatic carbocycles. The molecule has 4 rings (SSSR count). The summed E-state index contributed by atoms with van der Waals surface area (Å²) in [5.74, 6) is -2.35. The fraction of sp³-hybridized carbons (Fsp3) is 0.304. The number of alkyl halides is 3. The first kappa shape index (κ1) is 24.0. The molecule has 1 amide bonds. The number of anilines is 3. The summed E-state index contributed by atoms with van der Waals surface area (Å²) in [5, 5.41) is 21.5. The van der Waals surface area contributed by atoms with Crippen LogP contribution < -0.4 is 15.4 Å². The lowest BCUT2D eigenvalue weighted by Crippen LogP contribution is -2.20. The van der Waals surface area contributed by atoms with Crippen molar-refractivity contribution in [3.05, 3.63) is 60.0 Å². The van der Waals surface area contributed by atoms with Gasteiger partial charge in [-0.1, -0.05) is 29.4 Å². The zero-order valence-electron chi connectivity index (χ0n) is 18.2. The number of carbonyl (C=O) groups is 2. The van der Waals surface area contributed by atoms with E-state index in [9.17, 15) is 22.8 Å². The van der Waals surface area contributed by atoms with Gasteiger partial charge in [0.1, 0.15) is 0 Å². The first-order chi connectivity index (χ1) is 16.7. The topological polar surface area (TPSA) is 127 Å². The van der Waals surface area contributed by atoms with Crippen molar-refractivity contribution in [3.63, 3.8) is 0 Å². The van der Waals surface area contributed by atoms with E-state index in [1.54, 1.807) is 12.1 Å². The molecule has 184 valence electrons.